The molecule has 1 aromatic carbocycles. The van der Waals surface area contributed by atoms with Crippen LogP contribution < -0.4 is 11.1 Å². The van der Waals surface area contributed by atoms with Crippen molar-refractivity contribution in [1.29, 1.82) is 0 Å². The Hall–Kier alpha value is -1.35. The molecule has 1 aromatic rings. The first-order valence-electron chi connectivity index (χ1n) is 6.68. The summed E-state index contributed by atoms with van der Waals surface area (Å²) in [6, 6.07) is 8.00. The van der Waals surface area contributed by atoms with Gasteiger partial charge in [-0.3, -0.25) is 4.79 Å². The first-order chi connectivity index (χ1) is 8.67. The fraction of sp³-hybridized carbons (Fsp3) is 0.533. The lowest BCUT2D eigenvalue weighted by Crippen LogP contribution is -2.31. The molecule has 3 heteroatoms. The molecule has 1 amide bonds. The van der Waals surface area contributed by atoms with E-state index in [1.807, 2.05) is 31.2 Å². The summed E-state index contributed by atoms with van der Waals surface area (Å²) in [5, 5.41) is 3.00. The fourth-order valence-electron chi connectivity index (χ4n) is 1.99. The minimum atomic E-state index is 0.0970. The van der Waals surface area contributed by atoms with Gasteiger partial charge >= 0.3 is 0 Å². The summed E-state index contributed by atoms with van der Waals surface area (Å²) in [6.07, 6.45) is 2.49. The van der Waals surface area contributed by atoms with Crippen LogP contribution in [-0.2, 0) is 11.2 Å². The van der Waals surface area contributed by atoms with E-state index in [-0.39, 0.29) is 5.91 Å². The van der Waals surface area contributed by atoms with Gasteiger partial charge in [0.05, 0.1) is 6.42 Å². The molecule has 0 aliphatic rings. The zero-order valence-corrected chi connectivity index (χ0v) is 11.4. The molecule has 0 fully saturated rings. The Balaban J connectivity index is 2.40. The van der Waals surface area contributed by atoms with Gasteiger partial charge in [-0.1, -0.05) is 37.6 Å². The molecule has 1 atom stereocenters. The topological polar surface area (TPSA) is 55.1 Å². The van der Waals surface area contributed by atoms with E-state index < -0.39 is 0 Å². The predicted molar refractivity (Wildman–Crippen MR) is 75.3 cm³/mol. The van der Waals surface area contributed by atoms with Crippen molar-refractivity contribution in [2.45, 2.75) is 33.1 Å². The highest BCUT2D eigenvalue weighted by atomic mass is 16.1. The highest BCUT2D eigenvalue weighted by Crippen LogP contribution is 2.08. The van der Waals surface area contributed by atoms with Crippen molar-refractivity contribution < 1.29 is 4.79 Å². The summed E-state index contributed by atoms with van der Waals surface area (Å²) in [7, 11) is 0. The van der Waals surface area contributed by atoms with Crippen LogP contribution in [0.15, 0.2) is 24.3 Å². The van der Waals surface area contributed by atoms with Crippen molar-refractivity contribution in [3.8, 4) is 0 Å². The normalized spacial score (nSPS) is 12.2. The zero-order chi connectivity index (χ0) is 13.4. The van der Waals surface area contributed by atoms with Gasteiger partial charge < -0.3 is 11.1 Å². The maximum absolute atomic E-state index is 11.8. The van der Waals surface area contributed by atoms with Crippen molar-refractivity contribution in [2.24, 2.45) is 11.7 Å². The summed E-state index contributed by atoms with van der Waals surface area (Å²) in [5.74, 6) is 0.593. The third-order valence-corrected chi connectivity index (χ3v) is 3.35. The molecule has 1 unspecified atom stereocenters. The van der Waals surface area contributed by atoms with Crippen LogP contribution in [0.2, 0.25) is 0 Å². The van der Waals surface area contributed by atoms with Crippen molar-refractivity contribution >= 4 is 5.91 Å². The van der Waals surface area contributed by atoms with E-state index in [4.69, 9.17) is 5.73 Å². The summed E-state index contributed by atoms with van der Waals surface area (Å²) < 4.78 is 0. The van der Waals surface area contributed by atoms with E-state index in [0.29, 0.717) is 18.9 Å². The molecule has 3 N–H and O–H groups in total. The van der Waals surface area contributed by atoms with E-state index in [9.17, 15) is 4.79 Å². The molecule has 18 heavy (non-hydrogen) atoms. The van der Waals surface area contributed by atoms with Crippen LogP contribution in [0.5, 0.6) is 0 Å². The molecular weight excluding hydrogens is 224 g/mol. The van der Waals surface area contributed by atoms with Crippen LogP contribution in [0, 0.1) is 12.8 Å². The molecule has 1 rings (SSSR count). The van der Waals surface area contributed by atoms with Crippen molar-refractivity contribution in [3.63, 3.8) is 0 Å². The fourth-order valence-corrected chi connectivity index (χ4v) is 1.99. The summed E-state index contributed by atoms with van der Waals surface area (Å²) >= 11 is 0. The average Bonchev–Trinajstić information content (AvgIpc) is 2.37. The molecule has 0 bridgehead atoms. The van der Waals surface area contributed by atoms with Gasteiger partial charge in [0, 0.05) is 6.54 Å². The second-order valence-corrected chi connectivity index (χ2v) is 4.76. The van der Waals surface area contributed by atoms with Gasteiger partial charge in [-0.15, -0.1) is 0 Å². The lowest BCUT2D eigenvalue weighted by Gasteiger charge is -2.14. The Kier molecular flexibility index (Phi) is 6.44. The van der Waals surface area contributed by atoms with Gasteiger partial charge in [0.2, 0.25) is 5.91 Å². The van der Waals surface area contributed by atoms with E-state index in [0.717, 1.165) is 24.9 Å². The molecule has 0 aromatic heterocycles. The number of nitrogens with two attached hydrogens (primary N) is 1. The van der Waals surface area contributed by atoms with Crippen molar-refractivity contribution in [1.82, 2.24) is 5.32 Å². The zero-order valence-electron chi connectivity index (χ0n) is 11.4. The highest BCUT2D eigenvalue weighted by molar-refractivity contribution is 5.78. The van der Waals surface area contributed by atoms with Gasteiger partial charge in [0.25, 0.3) is 0 Å². The quantitative estimate of drug-likeness (QED) is 0.775. The number of rotatable bonds is 7. The van der Waals surface area contributed by atoms with Crippen LogP contribution in [0.4, 0.5) is 0 Å². The number of hydrogen-bond acceptors (Lipinski definition) is 2. The molecule has 100 valence electrons. The molecule has 0 aliphatic carbocycles. The Bertz CT molecular complexity index is 377. The molecule has 0 saturated heterocycles. The molecular formula is C15H24N2O. The van der Waals surface area contributed by atoms with E-state index in [1.165, 1.54) is 5.56 Å². The second-order valence-electron chi connectivity index (χ2n) is 4.76. The van der Waals surface area contributed by atoms with Crippen LogP contribution in [0.3, 0.4) is 0 Å². The Morgan fingerprint density at radius 3 is 2.72 bits per heavy atom. The van der Waals surface area contributed by atoms with Crippen LogP contribution in [0.25, 0.3) is 0 Å². The Morgan fingerprint density at radius 1 is 1.39 bits per heavy atom. The number of carbonyl (C=O) groups is 1. The van der Waals surface area contributed by atoms with Crippen LogP contribution in [-0.4, -0.2) is 19.0 Å². The second kappa shape index (κ2) is 7.88. The van der Waals surface area contributed by atoms with Gasteiger partial charge in [-0.05, 0) is 36.9 Å². The average molecular weight is 248 g/mol. The third kappa shape index (κ3) is 4.88. The molecule has 0 spiro atoms. The molecule has 0 aliphatic heterocycles. The first-order valence-corrected chi connectivity index (χ1v) is 6.68. The summed E-state index contributed by atoms with van der Waals surface area (Å²) in [6.45, 7) is 5.59. The van der Waals surface area contributed by atoms with Gasteiger partial charge in [0.15, 0.2) is 0 Å². The highest BCUT2D eigenvalue weighted by Gasteiger charge is 2.09. The van der Waals surface area contributed by atoms with Gasteiger partial charge in [-0.25, -0.2) is 0 Å². The minimum absolute atomic E-state index is 0.0970. The number of hydrogen-bond donors (Lipinski definition) is 2. The van der Waals surface area contributed by atoms with E-state index >= 15 is 0 Å². The van der Waals surface area contributed by atoms with E-state index in [2.05, 4.69) is 12.2 Å². The SMILES string of the molecule is CCC(CCN)CNC(=O)Cc1ccccc1C. The summed E-state index contributed by atoms with van der Waals surface area (Å²) in [5.41, 5.74) is 7.81. The van der Waals surface area contributed by atoms with Crippen LogP contribution >= 0.6 is 0 Å². The number of amides is 1. The first kappa shape index (κ1) is 14.7. The monoisotopic (exact) mass is 248 g/mol. The molecule has 0 radical (unpaired) electrons. The minimum Gasteiger partial charge on any atom is -0.356 e. The van der Waals surface area contributed by atoms with E-state index in [1.54, 1.807) is 0 Å². The van der Waals surface area contributed by atoms with Crippen LogP contribution in [0.1, 0.15) is 30.9 Å². The molecule has 0 heterocycles. The standard InChI is InChI=1S/C15H24N2O/c1-3-13(8-9-16)11-17-15(18)10-14-7-5-4-6-12(14)2/h4-7,13H,3,8-11,16H2,1-2H3,(H,17,18). The number of nitrogens with one attached hydrogen (secondary N) is 1. The third-order valence-electron chi connectivity index (χ3n) is 3.35. The Labute approximate surface area is 110 Å². The maximum atomic E-state index is 11.8. The number of carbonyl (C=O) groups excluding carboxylic acids is 1. The smallest absolute Gasteiger partial charge is 0.224 e. The predicted octanol–water partition coefficient (Wildman–Crippen LogP) is 2.03. The van der Waals surface area contributed by atoms with Gasteiger partial charge in [-0.2, -0.15) is 0 Å². The lowest BCUT2D eigenvalue weighted by atomic mass is 10.0. The number of aryl methyl sites for hydroxylation is 1. The Morgan fingerprint density at radius 2 is 2.11 bits per heavy atom. The largest absolute Gasteiger partial charge is 0.356 e. The molecule has 0 saturated carbocycles. The van der Waals surface area contributed by atoms with Crippen molar-refractivity contribution in [2.75, 3.05) is 13.1 Å². The molecule has 3 nitrogen and oxygen atoms in total. The number of benzene rings is 1. The van der Waals surface area contributed by atoms with Crippen molar-refractivity contribution in [3.05, 3.63) is 35.4 Å². The summed E-state index contributed by atoms with van der Waals surface area (Å²) in [4.78, 5) is 11.8. The lowest BCUT2D eigenvalue weighted by molar-refractivity contribution is -0.120. The maximum Gasteiger partial charge on any atom is 0.224 e. The van der Waals surface area contributed by atoms with Gasteiger partial charge in [0.1, 0.15) is 0 Å².